The second-order valence-corrected chi connectivity index (χ2v) is 6.69. The number of anilines is 1. The van der Waals surface area contributed by atoms with E-state index in [4.69, 9.17) is 62.7 Å². The van der Waals surface area contributed by atoms with E-state index in [0.717, 1.165) is 0 Å². The van der Waals surface area contributed by atoms with Crippen molar-refractivity contribution in [1.82, 2.24) is 0 Å². The fraction of sp³-hybridized carbons (Fsp3) is 0.125. The molecule has 0 fully saturated rings. The molecule has 0 heterocycles. The number of amides is 1. The minimum atomic E-state index is -0.495. The molecule has 0 atom stereocenters. The van der Waals surface area contributed by atoms with Gasteiger partial charge in [-0.15, -0.1) is 0 Å². The molecule has 2 aromatic rings. The molecule has 0 saturated heterocycles. The minimum absolute atomic E-state index is 0.00849. The summed E-state index contributed by atoms with van der Waals surface area (Å²) in [6.07, 6.45) is 0. The van der Waals surface area contributed by atoms with Crippen LogP contribution in [0.5, 0.6) is 5.75 Å². The normalized spacial score (nSPS) is 10.4. The molecule has 26 heavy (non-hydrogen) atoms. The van der Waals surface area contributed by atoms with E-state index in [0.29, 0.717) is 11.3 Å². The van der Waals surface area contributed by atoms with Gasteiger partial charge in [0.05, 0.1) is 27.7 Å². The molecule has 0 saturated carbocycles. The highest BCUT2D eigenvalue weighted by atomic mass is 35.5. The van der Waals surface area contributed by atoms with Gasteiger partial charge in [-0.25, -0.2) is 4.79 Å². The van der Waals surface area contributed by atoms with E-state index in [2.05, 4.69) is 10.1 Å². The number of ether oxygens (including phenoxy) is 2. The Balaban J connectivity index is 2.05. The van der Waals surface area contributed by atoms with Gasteiger partial charge < -0.3 is 14.8 Å². The first-order valence-corrected chi connectivity index (χ1v) is 8.77. The Kier molecular flexibility index (Phi) is 7.26. The summed E-state index contributed by atoms with van der Waals surface area (Å²) in [4.78, 5) is 23.4. The molecule has 0 spiro atoms. The molecule has 2 rings (SSSR count). The van der Waals surface area contributed by atoms with E-state index in [9.17, 15) is 9.59 Å². The zero-order chi connectivity index (χ0) is 19.4. The number of rotatable bonds is 5. The molecule has 2 aromatic carbocycles. The van der Waals surface area contributed by atoms with Crippen LogP contribution < -0.4 is 10.1 Å². The molecule has 0 bridgehead atoms. The van der Waals surface area contributed by atoms with Crippen molar-refractivity contribution in [1.29, 1.82) is 0 Å². The Morgan fingerprint density at radius 1 is 0.885 bits per heavy atom. The second-order valence-electron chi connectivity index (χ2n) is 4.80. The maximum atomic E-state index is 12.0. The van der Waals surface area contributed by atoms with Gasteiger partial charge in [0.15, 0.2) is 12.4 Å². The summed E-state index contributed by atoms with van der Waals surface area (Å²) in [5.74, 6) is -1.03. The fourth-order valence-corrected chi connectivity index (χ4v) is 3.08. The summed E-state index contributed by atoms with van der Waals surface area (Å²) in [6, 6.07) is 6.10. The molecule has 5 nitrogen and oxygen atoms in total. The summed E-state index contributed by atoms with van der Waals surface area (Å²) < 4.78 is 9.91. The molecular formula is C16H10Cl5NO4. The van der Waals surface area contributed by atoms with Crippen molar-refractivity contribution in [3.05, 3.63) is 54.9 Å². The Labute approximate surface area is 174 Å². The molecule has 0 radical (unpaired) electrons. The van der Waals surface area contributed by atoms with Crippen LogP contribution in [0.2, 0.25) is 25.1 Å². The Bertz CT molecular complexity index is 826. The summed E-state index contributed by atoms with van der Waals surface area (Å²) in [5, 5.41) is 2.40. The predicted molar refractivity (Wildman–Crippen MR) is 103 cm³/mol. The van der Waals surface area contributed by atoms with Crippen molar-refractivity contribution in [3.8, 4) is 5.75 Å². The lowest BCUT2D eigenvalue weighted by Crippen LogP contribution is -2.20. The highest BCUT2D eigenvalue weighted by Crippen LogP contribution is 2.48. The van der Waals surface area contributed by atoms with E-state index in [1.807, 2.05) is 0 Å². The highest BCUT2D eigenvalue weighted by Gasteiger charge is 2.21. The zero-order valence-corrected chi connectivity index (χ0v) is 16.8. The van der Waals surface area contributed by atoms with E-state index < -0.39 is 18.5 Å². The largest absolute Gasteiger partial charge is 0.481 e. The number of esters is 1. The first kappa shape index (κ1) is 20.9. The van der Waals surface area contributed by atoms with Crippen LogP contribution in [0.3, 0.4) is 0 Å². The third-order valence-corrected chi connectivity index (χ3v) is 5.35. The van der Waals surface area contributed by atoms with Gasteiger partial charge in [-0.1, -0.05) is 58.0 Å². The predicted octanol–water partition coefficient (Wildman–Crippen LogP) is 5.76. The highest BCUT2D eigenvalue weighted by molar-refractivity contribution is 6.55. The number of carbonyl (C=O) groups excluding carboxylic acids is 2. The van der Waals surface area contributed by atoms with Crippen LogP contribution in [0.1, 0.15) is 10.4 Å². The van der Waals surface area contributed by atoms with Crippen molar-refractivity contribution < 1.29 is 19.1 Å². The van der Waals surface area contributed by atoms with E-state index in [-0.39, 0.29) is 30.9 Å². The molecule has 1 amide bonds. The van der Waals surface area contributed by atoms with Crippen LogP contribution in [0.4, 0.5) is 5.69 Å². The SMILES string of the molecule is COC(=O)c1ccc(NC(=O)COc2c(Cl)c(Cl)c(Cl)c(Cl)c2Cl)cc1. The zero-order valence-electron chi connectivity index (χ0n) is 13.0. The van der Waals surface area contributed by atoms with E-state index in [1.165, 1.54) is 19.2 Å². The van der Waals surface area contributed by atoms with Gasteiger partial charge in [-0.2, -0.15) is 0 Å². The first-order valence-electron chi connectivity index (χ1n) is 6.88. The quantitative estimate of drug-likeness (QED) is 0.352. The van der Waals surface area contributed by atoms with Crippen molar-refractivity contribution in [2.24, 2.45) is 0 Å². The standard InChI is InChI=1S/C16H10Cl5NO4/c1-25-16(24)7-2-4-8(5-3-7)22-9(23)6-26-15-13(20)11(18)10(17)12(19)14(15)21/h2-5H,6H2,1H3,(H,22,23). The number of methoxy groups -OCH3 is 1. The first-order chi connectivity index (χ1) is 12.3. The Hall–Kier alpha value is -1.37. The lowest BCUT2D eigenvalue weighted by molar-refractivity contribution is -0.118. The second kappa shape index (κ2) is 9.02. The van der Waals surface area contributed by atoms with Gasteiger partial charge in [0, 0.05) is 5.69 Å². The third-order valence-electron chi connectivity index (χ3n) is 3.11. The molecule has 0 aliphatic heterocycles. The summed E-state index contributed by atoms with van der Waals surface area (Å²) >= 11 is 29.8. The van der Waals surface area contributed by atoms with Crippen LogP contribution in [0.25, 0.3) is 0 Å². The smallest absolute Gasteiger partial charge is 0.337 e. The molecule has 10 heteroatoms. The van der Waals surface area contributed by atoms with Crippen LogP contribution in [-0.4, -0.2) is 25.6 Å². The molecule has 1 N–H and O–H groups in total. The maximum Gasteiger partial charge on any atom is 0.337 e. The third kappa shape index (κ3) is 4.67. The van der Waals surface area contributed by atoms with Gasteiger partial charge in [0.1, 0.15) is 10.0 Å². The van der Waals surface area contributed by atoms with Crippen LogP contribution in [-0.2, 0) is 9.53 Å². The van der Waals surface area contributed by atoms with Crippen molar-refractivity contribution in [3.63, 3.8) is 0 Å². The lowest BCUT2D eigenvalue weighted by Gasteiger charge is -2.13. The summed E-state index contributed by atoms with van der Waals surface area (Å²) in [6.45, 7) is -0.410. The molecule has 0 aliphatic carbocycles. The number of hydrogen-bond acceptors (Lipinski definition) is 4. The lowest BCUT2D eigenvalue weighted by atomic mass is 10.2. The average Bonchev–Trinajstić information content (AvgIpc) is 2.64. The fourth-order valence-electron chi connectivity index (χ4n) is 1.85. The number of hydrogen-bond donors (Lipinski definition) is 1. The van der Waals surface area contributed by atoms with E-state index >= 15 is 0 Å². The average molecular weight is 458 g/mol. The summed E-state index contributed by atoms with van der Waals surface area (Å²) in [5.41, 5.74) is 0.807. The number of benzene rings is 2. The van der Waals surface area contributed by atoms with Crippen molar-refractivity contribution in [2.45, 2.75) is 0 Å². The number of nitrogens with one attached hydrogen (secondary N) is 1. The summed E-state index contributed by atoms with van der Waals surface area (Å²) in [7, 11) is 1.28. The minimum Gasteiger partial charge on any atom is -0.481 e. The van der Waals surface area contributed by atoms with Gasteiger partial charge in [0.25, 0.3) is 5.91 Å². The Morgan fingerprint density at radius 2 is 1.38 bits per heavy atom. The number of carbonyl (C=O) groups is 2. The number of halogens is 5. The maximum absolute atomic E-state index is 12.0. The van der Waals surface area contributed by atoms with Gasteiger partial charge in [-0.05, 0) is 24.3 Å². The van der Waals surface area contributed by atoms with Crippen LogP contribution in [0.15, 0.2) is 24.3 Å². The monoisotopic (exact) mass is 455 g/mol. The van der Waals surface area contributed by atoms with Gasteiger partial charge in [0.2, 0.25) is 0 Å². The molecule has 0 aromatic heterocycles. The Morgan fingerprint density at radius 3 is 1.88 bits per heavy atom. The topological polar surface area (TPSA) is 64.6 Å². The van der Waals surface area contributed by atoms with Crippen LogP contribution in [0, 0.1) is 0 Å². The molecular weight excluding hydrogens is 447 g/mol. The molecule has 0 unspecified atom stereocenters. The van der Waals surface area contributed by atoms with Crippen molar-refractivity contribution >= 4 is 75.6 Å². The molecule has 138 valence electrons. The molecule has 0 aliphatic rings. The van der Waals surface area contributed by atoms with Gasteiger partial charge in [-0.3, -0.25) is 4.79 Å². The van der Waals surface area contributed by atoms with Gasteiger partial charge >= 0.3 is 5.97 Å². The van der Waals surface area contributed by atoms with E-state index in [1.54, 1.807) is 12.1 Å². The van der Waals surface area contributed by atoms with Crippen LogP contribution >= 0.6 is 58.0 Å². The van der Waals surface area contributed by atoms with Crippen molar-refractivity contribution in [2.75, 3.05) is 19.0 Å².